The number of nitrogens with two attached hydrogens (primary N) is 1. The summed E-state index contributed by atoms with van der Waals surface area (Å²) < 4.78 is 4.96. The Hall–Kier alpha value is -2.20. The highest BCUT2D eigenvalue weighted by atomic mass is 35.5. The van der Waals surface area contributed by atoms with Gasteiger partial charge in [0.2, 0.25) is 0 Å². The van der Waals surface area contributed by atoms with E-state index in [0.29, 0.717) is 28.6 Å². The van der Waals surface area contributed by atoms with Crippen LogP contribution in [0.3, 0.4) is 0 Å². The molecular formula is C15H15ClN2O2. The number of rotatable bonds is 4. The number of anilines is 3. The van der Waals surface area contributed by atoms with Gasteiger partial charge >= 0.3 is 5.97 Å². The summed E-state index contributed by atoms with van der Waals surface area (Å²) in [5, 5.41) is 3.80. The topological polar surface area (TPSA) is 64.3 Å². The first-order valence-corrected chi connectivity index (χ1v) is 6.57. The Morgan fingerprint density at radius 1 is 1.25 bits per heavy atom. The Kier molecular flexibility index (Phi) is 4.48. The van der Waals surface area contributed by atoms with Crippen molar-refractivity contribution in [2.24, 2.45) is 0 Å². The van der Waals surface area contributed by atoms with Gasteiger partial charge in [-0.1, -0.05) is 11.6 Å². The van der Waals surface area contributed by atoms with Crippen molar-refractivity contribution in [1.82, 2.24) is 0 Å². The lowest BCUT2D eigenvalue weighted by Gasteiger charge is -2.11. The number of esters is 1. The maximum Gasteiger partial charge on any atom is 0.338 e. The summed E-state index contributed by atoms with van der Waals surface area (Å²) in [6, 6.07) is 12.2. The van der Waals surface area contributed by atoms with Gasteiger partial charge in [0.1, 0.15) is 0 Å². The van der Waals surface area contributed by atoms with Crippen molar-refractivity contribution in [2.75, 3.05) is 17.7 Å². The Labute approximate surface area is 122 Å². The molecule has 4 nitrogen and oxygen atoms in total. The standard InChI is InChI=1S/C15H15ClN2O2/c1-2-20-15(19)10-3-8-13(17)14(9-10)18-12-6-4-11(16)5-7-12/h3-9,18H,2,17H2,1H3. The van der Waals surface area contributed by atoms with Gasteiger partial charge in [-0.05, 0) is 49.4 Å². The number of hydrogen-bond donors (Lipinski definition) is 2. The lowest BCUT2D eigenvalue weighted by atomic mass is 10.1. The Balaban J connectivity index is 2.24. The molecule has 0 fully saturated rings. The summed E-state index contributed by atoms with van der Waals surface area (Å²) >= 11 is 5.83. The molecule has 0 aromatic heterocycles. The van der Waals surface area contributed by atoms with Gasteiger partial charge in [-0.2, -0.15) is 0 Å². The van der Waals surface area contributed by atoms with E-state index in [0.717, 1.165) is 5.69 Å². The molecular weight excluding hydrogens is 276 g/mol. The zero-order chi connectivity index (χ0) is 14.5. The molecule has 2 aromatic rings. The van der Waals surface area contributed by atoms with E-state index in [4.69, 9.17) is 22.1 Å². The van der Waals surface area contributed by atoms with Crippen molar-refractivity contribution in [2.45, 2.75) is 6.92 Å². The molecule has 0 bridgehead atoms. The predicted molar refractivity (Wildman–Crippen MR) is 81.5 cm³/mol. The highest BCUT2D eigenvalue weighted by Gasteiger charge is 2.09. The molecule has 2 rings (SSSR count). The quantitative estimate of drug-likeness (QED) is 0.663. The number of carbonyl (C=O) groups is 1. The lowest BCUT2D eigenvalue weighted by Crippen LogP contribution is -2.06. The number of ether oxygens (including phenoxy) is 1. The average molecular weight is 291 g/mol. The first kappa shape index (κ1) is 14.2. The van der Waals surface area contributed by atoms with Crippen LogP contribution in [-0.2, 0) is 4.74 Å². The fraction of sp³-hybridized carbons (Fsp3) is 0.133. The average Bonchev–Trinajstić information content (AvgIpc) is 2.44. The van der Waals surface area contributed by atoms with E-state index in [9.17, 15) is 4.79 Å². The normalized spacial score (nSPS) is 10.1. The van der Waals surface area contributed by atoms with Gasteiger partial charge < -0.3 is 15.8 Å². The van der Waals surface area contributed by atoms with Crippen LogP contribution in [0.5, 0.6) is 0 Å². The smallest absolute Gasteiger partial charge is 0.338 e. The third-order valence-corrected chi connectivity index (χ3v) is 2.94. The van der Waals surface area contributed by atoms with Crippen LogP contribution in [0.2, 0.25) is 5.02 Å². The maximum atomic E-state index is 11.7. The molecule has 0 amide bonds. The molecule has 20 heavy (non-hydrogen) atoms. The van der Waals surface area contributed by atoms with Crippen LogP contribution < -0.4 is 11.1 Å². The summed E-state index contributed by atoms with van der Waals surface area (Å²) in [6.45, 7) is 2.10. The predicted octanol–water partition coefficient (Wildman–Crippen LogP) is 3.84. The summed E-state index contributed by atoms with van der Waals surface area (Å²) in [7, 11) is 0. The molecule has 0 unspecified atom stereocenters. The molecule has 0 atom stereocenters. The lowest BCUT2D eigenvalue weighted by molar-refractivity contribution is 0.0526. The van der Waals surface area contributed by atoms with Gasteiger partial charge in [-0.3, -0.25) is 0 Å². The minimum absolute atomic E-state index is 0.336. The van der Waals surface area contributed by atoms with E-state index < -0.39 is 0 Å². The Morgan fingerprint density at radius 3 is 2.60 bits per heavy atom. The van der Waals surface area contributed by atoms with Gasteiger partial charge in [0.15, 0.2) is 0 Å². The second kappa shape index (κ2) is 6.30. The molecule has 0 radical (unpaired) electrons. The monoisotopic (exact) mass is 290 g/mol. The van der Waals surface area contributed by atoms with Gasteiger partial charge in [-0.25, -0.2) is 4.79 Å². The summed E-state index contributed by atoms with van der Waals surface area (Å²) in [5.74, 6) is -0.369. The SMILES string of the molecule is CCOC(=O)c1ccc(N)c(Nc2ccc(Cl)cc2)c1. The van der Waals surface area contributed by atoms with Crippen molar-refractivity contribution in [3.8, 4) is 0 Å². The van der Waals surface area contributed by atoms with Crippen LogP contribution in [0.15, 0.2) is 42.5 Å². The zero-order valence-electron chi connectivity index (χ0n) is 11.0. The van der Waals surface area contributed by atoms with Gasteiger partial charge in [0.05, 0.1) is 23.5 Å². The van der Waals surface area contributed by atoms with E-state index in [1.807, 2.05) is 12.1 Å². The highest BCUT2D eigenvalue weighted by Crippen LogP contribution is 2.25. The van der Waals surface area contributed by atoms with Crippen LogP contribution in [-0.4, -0.2) is 12.6 Å². The van der Waals surface area contributed by atoms with Crippen molar-refractivity contribution >= 4 is 34.6 Å². The van der Waals surface area contributed by atoms with Crippen LogP contribution in [0.1, 0.15) is 17.3 Å². The molecule has 0 aliphatic rings. The molecule has 0 aliphatic carbocycles. The number of hydrogen-bond acceptors (Lipinski definition) is 4. The summed E-state index contributed by atoms with van der Waals surface area (Å²) in [6.07, 6.45) is 0. The molecule has 0 spiro atoms. The van der Waals surface area contributed by atoms with Crippen molar-refractivity contribution in [1.29, 1.82) is 0 Å². The third-order valence-electron chi connectivity index (χ3n) is 2.69. The minimum Gasteiger partial charge on any atom is -0.462 e. The van der Waals surface area contributed by atoms with E-state index in [1.54, 1.807) is 37.3 Å². The summed E-state index contributed by atoms with van der Waals surface area (Å²) in [4.78, 5) is 11.7. The Bertz CT molecular complexity index is 612. The second-order valence-corrected chi connectivity index (χ2v) is 4.59. The molecule has 3 N–H and O–H groups in total. The third kappa shape index (κ3) is 3.42. The van der Waals surface area contributed by atoms with E-state index in [1.165, 1.54) is 0 Å². The Morgan fingerprint density at radius 2 is 1.95 bits per heavy atom. The number of benzene rings is 2. The fourth-order valence-electron chi connectivity index (χ4n) is 1.69. The zero-order valence-corrected chi connectivity index (χ0v) is 11.8. The van der Waals surface area contributed by atoms with Crippen LogP contribution in [0.4, 0.5) is 17.1 Å². The molecule has 0 heterocycles. The largest absolute Gasteiger partial charge is 0.462 e. The fourth-order valence-corrected chi connectivity index (χ4v) is 1.82. The molecule has 0 saturated carbocycles. The van der Waals surface area contributed by atoms with Gasteiger partial charge in [0.25, 0.3) is 0 Å². The number of carbonyl (C=O) groups excluding carboxylic acids is 1. The molecule has 5 heteroatoms. The van der Waals surface area contributed by atoms with Crippen molar-refractivity contribution in [3.63, 3.8) is 0 Å². The van der Waals surface area contributed by atoms with Crippen LogP contribution in [0.25, 0.3) is 0 Å². The number of nitrogen functional groups attached to an aromatic ring is 1. The first-order valence-electron chi connectivity index (χ1n) is 6.19. The molecule has 104 valence electrons. The highest BCUT2D eigenvalue weighted by molar-refractivity contribution is 6.30. The van der Waals surface area contributed by atoms with E-state index in [-0.39, 0.29) is 5.97 Å². The van der Waals surface area contributed by atoms with Gasteiger partial charge in [0, 0.05) is 10.7 Å². The first-order chi connectivity index (χ1) is 9.60. The summed E-state index contributed by atoms with van der Waals surface area (Å²) in [5.41, 5.74) is 8.39. The minimum atomic E-state index is -0.369. The molecule has 0 saturated heterocycles. The number of halogens is 1. The maximum absolute atomic E-state index is 11.7. The van der Waals surface area contributed by atoms with Crippen molar-refractivity contribution < 1.29 is 9.53 Å². The van der Waals surface area contributed by atoms with E-state index >= 15 is 0 Å². The van der Waals surface area contributed by atoms with E-state index in [2.05, 4.69) is 5.32 Å². The van der Waals surface area contributed by atoms with Crippen molar-refractivity contribution in [3.05, 3.63) is 53.1 Å². The molecule has 2 aromatic carbocycles. The second-order valence-electron chi connectivity index (χ2n) is 4.15. The van der Waals surface area contributed by atoms with Crippen LogP contribution >= 0.6 is 11.6 Å². The van der Waals surface area contributed by atoms with Gasteiger partial charge in [-0.15, -0.1) is 0 Å². The van der Waals surface area contributed by atoms with Crippen LogP contribution in [0, 0.1) is 0 Å². The molecule has 0 aliphatic heterocycles. The number of nitrogens with one attached hydrogen (secondary N) is 1.